The molecule has 116 valence electrons. The standard InChI is InChI=1S/C19H27FO/c1-2-3-4-5-15-6-8-16(9-7-15)17-10-12-18(13-11-17)19(21)14-20/h10-13,15-16H,2-9,14H2,1H3. The van der Waals surface area contributed by atoms with E-state index in [1.165, 1.54) is 56.9 Å². The number of carbonyl (C=O) groups excluding carboxylic acids is 1. The first kappa shape index (κ1) is 16.2. The number of rotatable bonds is 7. The van der Waals surface area contributed by atoms with Crippen molar-refractivity contribution in [2.45, 2.75) is 64.2 Å². The van der Waals surface area contributed by atoms with Crippen molar-refractivity contribution in [1.82, 2.24) is 0 Å². The van der Waals surface area contributed by atoms with Crippen molar-refractivity contribution in [3.63, 3.8) is 0 Å². The van der Waals surface area contributed by atoms with Gasteiger partial charge in [0, 0.05) is 5.56 Å². The van der Waals surface area contributed by atoms with Crippen molar-refractivity contribution < 1.29 is 9.18 Å². The van der Waals surface area contributed by atoms with Crippen molar-refractivity contribution in [1.29, 1.82) is 0 Å². The van der Waals surface area contributed by atoms with Crippen LogP contribution in [0.1, 0.15) is 80.1 Å². The fourth-order valence-corrected chi connectivity index (χ4v) is 3.49. The van der Waals surface area contributed by atoms with Gasteiger partial charge in [-0.3, -0.25) is 4.79 Å². The van der Waals surface area contributed by atoms with E-state index in [0.29, 0.717) is 11.5 Å². The summed E-state index contributed by atoms with van der Waals surface area (Å²) in [5.41, 5.74) is 1.81. The molecule has 0 radical (unpaired) electrons. The smallest absolute Gasteiger partial charge is 0.193 e. The molecular formula is C19H27FO. The molecule has 2 heteroatoms. The molecule has 0 heterocycles. The van der Waals surface area contributed by atoms with Gasteiger partial charge in [0.05, 0.1) is 0 Å². The summed E-state index contributed by atoms with van der Waals surface area (Å²) in [6.07, 6.45) is 10.6. The molecule has 0 atom stereocenters. The minimum atomic E-state index is -0.901. The number of unbranched alkanes of at least 4 members (excludes halogenated alkanes) is 2. The molecule has 0 unspecified atom stereocenters. The van der Waals surface area contributed by atoms with Crippen molar-refractivity contribution in [2.75, 3.05) is 6.67 Å². The zero-order valence-corrected chi connectivity index (χ0v) is 13.1. The molecule has 0 bridgehead atoms. The second-order valence-corrected chi connectivity index (χ2v) is 6.39. The number of Topliss-reactive ketones (excluding diaryl/α,β-unsaturated/α-hetero) is 1. The second kappa shape index (κ2) is 8.31. The monoisotopic (exact) mass is 290 g/mol. The van der Waals surface area contributed by atoms with Gasteiger partial charge in [-0.25, -0.2) is 4.39 Å². The van der Waals surface area contributed by atoms with Crippen LogP contribution in [0, 0.1) is 5.92 Å². The summed E-state index contributed by atoms with van der Waals surface area (Å²) in [7, 11) is 0. The third-order valence-corrected chi connectivity index (χ3v) is 4.89. The number of ketones is 1. The summed E-state index contributed by atoms with van der Waals surface area (Å²) >= 11 is 0. The molecule has 1 saturated carbocycles. The minimum Gasteiger partial charge on any atom is -0.291 e. The number of benzene rings is 1. The molecule has 1 fully saturated rings. The van der Waals surface area contributed by atoms with Gasteiger partial charge in [-0.15, -0.1) is 0 Å². The molecule has 0 aromatic heterocycles. The summed E-state index contributed by atoms with van der Waals surface area (Å²) in [4.78, 5) is 11.3. The summed E-state index contributed by atoms with van der Waals surface area (Å²) in [6.45, 7) is 1.36. The van der Waals surface area contributed by atoms with Crippen LogP contribution < -0.4 is 0 Å². The Morgan fingerprint density at radius 1 is 1.10 bits per heavy atom. The topological polar surface area (TPSA) is 17.1 Å². The van der Waals surface area contributed by atoms with E-state index in [9.17, 15) is 9.18 Å². The van der Waals surface area contributed by atoms with E-state index in [0.717, 1.165) is 5.92 Å². The molecule has 0 amide bonds. The first-order chi connectivity index (χ1) is 10.2. The minimum absolute atomic E-state index is 0.416. The number of alkyl halides is 1. The van der Waals surface area contributed by atoms with Gasteiger partial charge in [0.1, 0.15) is 0 Å². The van der Waals surface area contributed by atoms with Crippen LogP contribution in [0.3, 0.4) is 0 Å². The first-order valence-electron chi connectivity index (χ1n) is 8.43. The fraction of sp³-hybridized carbons (Fsp3) is 0.632. The SMILES string of the molecule is CCCCCC1CCC(c2ccc(C(=O)CF)cc2)CC1. The summed E-state index contributed by atoms with van der Waals surface area (Å²) in [5, 5.41) is 0. The molecule has 0 saturated heterocycles. The molecule has 1 aliphatic rings. The molecule has 1 aromatic rings. The normalized spacial score (nSPS) is 22.2. The lowest BCUT2D eigenvalue weighted by molar-refractivity contribution is 0.0958. The van der Waals surface area contributed by atoms with Crippen molar-refractivity contribution >= 4 is 5.78 Å². The van der Waals surface area contributed by atoms with Crippen molar-refractivity contribution in [3.8, 4) is 0 Å². The highest BCUT2D eigenvalue weighted by Gasteiger charge is 2.22. The van der Waals surface area contributed by atoms with Gasteiger partial charge < -0.3 is 0 Å². The number of carbonyl (C=O) groups is 1. The summed E-state index contributed by atoms with van der Waals surface area (Å²) < 4.78 is 12.3. The van der Waals surface area contributed by atoms with E-state index in [1.807, 2.05) is 12.1 Å². The second-order valence-electron chi connectivity index (χ2n) is 6.39. The highest BCUT2D eigenvalue weighted by atomic mass is 19.1. The van der Waals surface area contributed by atoms with E-state index in [-0.39, 0.29) is 0 Å². The van der Waals surface area contributed by atoms with Crippen LogP contribution in [0.4, 0.5) is 4.39 Å². The molecule has 0 spiro atoms. The van der Waals surface area contributed by atoms with E-state index in [4.69, 9.17) is 0 Å². The van der Waals surface area contributed by atoms with Crippen LogP contribution in [0.2, 0.25) is 0 Å². The Morgan fingerprint density at radius 3 is 2.33 bits per heavy atom. The van der Waals surface area contributed by atoms with Crippen LogP contribution in [-0.2, 0) is 0 Å². The van der Waals surface area contributed by atoms with Gasteiger partial charge in [-0.05, 0) is 43.1 Å². The van der Waals surface area contributed by atoms with E-state index >= 15 is 0 Å². The Labute approximate surface area is 127 Å². The third-order valence-electron chi connectivity index (χ3n) is 4.89. The maximum atomic E-state index is 12.3. The van der Waals surface area contributed by atoms with Crippen LogP contribution in [0.5, 0.6) is 0 Å². The lowest BCUT2D eigenvalue weighted by atomic mass is 9.77. The Bertz CT molecular complexity index is 429. The van der Waals surface area contributed by atoms with E-state index in [1.54, 1.807) is 12.1 Å². The molecule has 21 heavy (non-hydrogen) atoms. The van der Waals surface area contributed by atoms with Gasteiger partial charge in [-0.2, -0.15) is 0 Å². The van der Waals surface area contributed by atoms with Gasteiger partial charge in [-0.1, -0.05) is 56.9 Å². The Balaban J connectivity index is 1.83. The van der Waals surface area contributed by atoms with Gasteiger partial charge >= 0.3 is 0 Å². The Kier molecular flexibility index (Phi) is 6.41. The van der Waals surface area contributed by atoms with Crippen LogP contribution in [-0.4, -0.2) is 12.5 Å². The van der Waals surface area contributed by atoms with E-state index in [2.05, 4.69) is 6.92 Å². The van der Waals surface area contributed by atoms with Crippen molar-refractivity contribution in [3.05, 3.63) is 35.4 Å². The highest BCUT2D eigenvalue weighted by molar-refractivity contribution is 5.96. The zero-order valence-electron chi connectivity index (χ0n) is 13.1. The fourth-order valence-electron chi connectivity index (χ4n) is 3.49. The quantitative estimate of drug-likeness (QED) is 0.465. The Morgan fingerprint density at radius 2 is 1.76 bits per heavy atom. The maximum Gasteiger partial charge on any atom is 0.193 e. The average molecular weight is 290 g/mol. The largest absolute Gasteiger partial charge is 0.291 e. The van der Waals surface area contributed by atoms with E-state index < -0.39 is 12.5 Å². The molecule has 2 rings (SSSR count). The molecule has 1 nitrogen and oxygen atoms in total. The first-order valence-corrected chi connectivity index (χ1v) is 8.43. The summed E-state index contributed by atoms with van der Waals surface area (Å²) in [5.74, 6) is 1.13. The van der Waals surface area contributed by atoms with Gasteiger partial charge in [0.2, 0.25) is 0 Å². The highest BCUT2D eigenvalue weighted by Crippen LogP contribution is 2.37. The van der Waals surface area contributed by atoms with Gasteiger partial charge in [0.15, 0.2) is 12.5 Å². The molecule has 1 aliphatic carbocycles. The molecule has 0 N–H and O–H groups in total. The van der Waals surface area contributed by atoms with Crippen LogP contribution in [0.25, 0.3) is 0 Å². The molecular weight excluding hydrogens is 263 g/mol. The lowest BCUT2D eigenvalue weighted by Gasteiger charge is -2.29. The molecule has 1 aromatic carbocycles. The van der Waals surface area contributed by atoms with Crippen LogP contribution in [0.15, 0.2) is 24.3 Å². The third kappa shape index (κ3) is 4.66. The average Bonchev–Trinajstić information content (AvgIpc) is 2.55. The number of halogens is 1. The van der Waals surface area contributed by atoms with Crippen molar-refractivity contribution in [2.24, 2.45) is 5.92 Å². The predicted octanol–water partition coefficient (Wildman–Crippen LogP) is 5.69. The number of hydrogen-bond acceptors (Lipinski definition) is 1. The summed E-state index contributed by atoms with van der Waals surface area (Å²) in [6, 6.07) is 7.60. The predicted molar refractivity (Wildman–Crippen MR) is 85.6 cm³/mol. The zero-order chi connectivity index (χ0) is 15.1. The van der Waals surface area contributed by atoms with Crippen LogP contribution >= 0.6 is 0 Å². The van der Waals surface area contributed by atoms with Gasteiger partial charge in [0.25, 0.3) is 0 Å². The molecule has 0 aliphatic heterocycles. The maximum absolute atomic E-state index is 12.3. The number of hydrogen-bond donors (Lipinski definition) is 0. The lowest BCUT2D eigenvalue weighted by Crippen LogP contribution is -2.13. The Hall–Kier alpha value is -1.18.